The topological polar surface area (TPSA) is 30.5 Å². The van der Waals surface area contributed by atoms with Crippen LogP contribution in [0, 0.1) is 0 Å². The Bertz CT molecular complexity index is 318. The minimum absolute atomic E-state index is 0.436. The molecule has 0 aliphatic heterocycles. The summed E-state index contributed by atoms with van der Waals surface area (Å²) < 4.78 is 10.8. The molecule has 1 atom stereocenters. The first-order valence-electron chi connectivity index (χ1n) is 7.24. The van der Waals surface area contributed by atoms with E-state index in [0.29, 0.717) is 6.04 Å². The molecule has 3 nitrogen and oxygen atoms in total. The van der Waals surface area contributed by atoms with Crippen LogP contribution in [0.15, 0.2) is 24.3 Å². The molecule has 0 saturated heterocycles. The van der Waals surface area contributed by atoms with Crippen LogP contribution in [0.25, 0.3) is 0 Å². The molecule has 0 heterocycles. The van der Waals surface area contributed by atoms with E-state index in [1.54, 1.807) is 7.11 Å². The molecule has 19 heavy (non-hydrogen) atoms. The summed E-state index contributed by atoms with van der Waals surface area (Å²) in [7, 11) is 1.75. The molecule has 0 aliphatic carbocycles. The lowest BCUT2D eigenvalue weighted by atomic mass is 10.1. The van der Waals surface area contributed by atoms with Crippen molar-refractivity contribution >= 4 is 0 Å². The Morgan fingerprint density at radius 1 is 1.11 bits per heavy atom. The highest BCUT2D eigenvalue weighted by atomic mass is 16.5. The van der Waals surface area contributed by atoms with Gasteiger partial charge in [0.15, 0.2) is 0 Å². The molecule has 0 fully saturated rings. The van der Waals surface area contributed by atoms with E-state index < -0.39 is 0 Å². The van der Waals surface area contributed by atoms with Crippen LogP contribution < -0.4 is 10.1 Å². The van der Waals surface area contributed by atoms with Crippen molar-refractivity contribution in [2.45, 2.75) is 45.7 Å². The molecule has 1 aromatic rings. The largest absolute Gasteiger partial charge is 0.494 e. The van der Waals surface area contributed by atoms with Crippen LogP contribution in [0.3, 0.4) is 0 Å². The van der Waals surface area contributed by atoms with E-state index >= 15 is 0 Å². The van der Waals surface area contributed by atoms with Gasteiger partial charge in [-0.3, -0.25) is 0 Å². The Labute approximate surface area is 117 Å². The van der Waals surface area contributed by atoms with Gasteiger partial charge in [0.2, 0.25) is 0 Å². The molecule has 1 N–H and O–H groups in total. The molecule has 0 spiro atoms. The van der Waals surface area contributed by atoms with Gasteiger partial charge in [-0.2, -0.15) is 0 Å². The molecule has 108 valence electrons. The van der Waals surface area contributed by atoms with Crippen molar-refractivity contribution in [3.63, 3.8) is 0 Å². The summed E-state index contributed by atoms with van der Waals surface area (Å²) in [6, 6.07) is 8.75. The van der Waals surface area contributed by atoms with Gasteiger partial charge in [0.25, 0.3) is 0 Å². The maximum Gasteiger partial charge on any atom is 0.119 e. The van der Waals surface area contributed by atoms with E-state index in [9.17, 15) is 0 Å². The van der Waals surface area contributed by atoms with Gasteiger partial charge < -0.3 is 14.8 Å². The van der Waals surface area contributed by atoms with E-state index in [1.807, 2.05) is 12.1 Å². The van der Waals surface area contributed by atoms with E-state index in [2.05, 4.69) is 31.3 Å². The lowest BCUT2D eigenvalue weighted by Crippen LogP contribution is -2.32. The highest BCUT2D eigenvalue weighted by Crippen LogP contribution is 2.12. The Kier molecular flexibility index (Phi) is 8.26. The quantitative estimate of drug-likeness (QED) is 0.703. The van der Waals surface area contributed by atoms with Crippen LogP contribution in [0.4, 0.5) is 0 Å². The predicted molar refractivity (Wildman–Crippen MR) is 79.6 cm³/mol. The van der Waals surface area contributed by atoms with Gasteiger partial charge in [0.1, 0.15) is 5.75 Å². The molecule has 0 radical (unpaired) electrons. The van der Waals surface area contributed by atoms with Crippen molar-refractivity contribution in [1.82, 2.24) is 5.32 Å². The summed E-state index contributed by atoms with van der Waals surface area (Å²) >= 11 is 0. The normalized spacial score (nSPS) is 12.4. The summed E-state index contributed by atoms with van der Waals surface area (Å²) in [6.07, 6.45) is 3.36. The first-order chi connectivity index (χ1) is 9.30. The second kappa shape index (κ2) is 9.82. The molecular weight excluding hydrogens is 238 g/mol. The lowest BCUT2D eigenvalue weighted by Gasteiger charge is -2.17. The van der Waals surface area contributed by atoms with Gasteiger partial charge in [0, 0.05) is 19.7 Å². The smallest absolute Gasteiger partial charge is 0.119 e. The van der Waals surface area contributed by atoms with Crippen molar-refractivity contribution < 1.29 is 9.47 Å². The van der Waals surface area contributed by atoms with Gasteiger partial charge in [0.05, 0.1) is 13.2 Å². The van der Waals surface area contributed by atoms with Crippen LogP contribution in [-0.4, -0.2) is 26.4 Å². The summed E-state index contributed by atoms with van der Waals surface area (Å²) in [5.41, 5.74) is 1.28. The zero-order valence-corrected chi connectivity index (χ0v) is 12.4. The van der Waals surface area contributed by atoms with Crippen molar-refractivity contribution in [3.8, 4) is 5.75 Å². The second-order valence-corrected chi connectivity index (χ2v) is 4.81. The summed E-state index contributed by atoms with van der Waals surface area (Å²) in [5, 5.41) is 3.53. The Morgan fingerprint density at radius 2 is 1.84 bits per heavy atom. The second-order valence-electron chi connectivity index (χ2n) is 4.81. The van der Waals surface area contributed by atoms with Gasteiger partial charge >= 0.3 is 0 Å². The fourth-order valence-electron chi connectivity index (χ4n) is 1.98. The molecule has 1 rings (SSSR count). The Hall–Kier alpha value is -1.06. The maximum atomic E-state index is 5.57. The highest BCUT2D eigenvalue weighted by molar-refractivity contribution is 5.27. The number of hydrogen-bond acceptors (Lipinski definition) is 3. The molecule has 1 aromatic carbocycles. The number of nitrogens with one attached hydrogen (secondary N) is 1. The van der Waals surface area contributed by atoms with E-state index in [-0.39, 0.29) is 0 Å². The summed E-state index contributed by atoms with van der Waals surface area (Å²) in [5.74, 6) is 0.951. The van der Waals surface area contributed by atoms with Crippen LogP contribution in [0.1, 0.15) is 38.7 Å². The van der Waals surface area contributed by atoms with Crippen molar-refractivity contribution in [2.24, 2.45) is 0 Å². The van der Waals surface area contributed by atoms with E-state index in [4.69, 9.17) is 9.47 Å². The lowest BCUT2D eigenvalue weighted by molar-refractivity contribution is 0.161. The fourth-order valence-corrected chi connectivity index (χ4v) is 1.98. The molecule has 0 amide bonds. The zero-order valence-electron chi connectivity index (χ0n) is 12.4. The number of rotatable bonds is 10. The third-order valence-electron chi connectivity index (χ3n) is 3.00. The first kappa shape index (κ1) is 16.0. The molecule has 0 bridgehead atoms. The molecule has 0 saturated carbocycles. The van der Waals surface area contributed by atoms with Crippen molar-refractivity contribution in [3.05, 3.63) is 29.8 Å². The molecule has 0 aliphatic rings. The number of ether oxygens (including phenoxy) is 2. The summed E-state index contributed by atoms with van der Waals surface area (Å²) in [4.78, 5) is 0. The Morgan fingerprint density at radius 3 is 2.42 bits per heavy atom. The number of methoxy groups -OCH3 is 1. The Balaban J connectivity index is 2.39. The zero-order chi connectivity index (χ0) is 13.9. The minimum atomic E-state index is 0.436. The monoisotopic (exact) mass is 265 g/mol. The highest BCUT2D eigenvalue weighted by Gasteiger charge is 2.06. The number of hydrogen-bond donors (Lipinski definition) is 1. The van der Waals surface area contributed by atoms with Crippen molar-refractivity contribution in [2.75, 3.05) is 20.3 Å². The standard InChI is InChI=1S/C16H27NO2/c1-4-6-15(13-18-3)17-12-14-7-9-16(10-8-14)19-11-5-2/h7-10,15,17H,4-6,11-13H2,1-3H3. The molecule has 1 unspecified atom stereocenters. The maximum absolute atomic E-state index is 5.57. The van der Waals surface area contributed by atoms with Crippen LogP contribution in [-0.2, 0) is 11.3 Å². The van der Waals surface area contributed by atoms with Gasteiger partial charge in [-0.05, 0) is 30.5 Å². The van der Waals surface area contributed by atoms with E-state index in [1.165, 1.54) is 12.0 Å². The van der Waals surface area contributed by atoms with Gasteiger partial charge in [-0.15, -0.1) is 0 Å². The predicted octanol–water partition coefficient (Wildman–Crippen LogP) is 3.38. The van der Waals surface area contributed by atoms with Gasteiger partial charge in [-0.1, -0.05) is 32.4 Å². The van der Waals surface area contributed by atoms with Crippen LogP contribution in [0.5, 0.6) is 5.75 Å². The first-order valence-corrected chi connectivity index (χ1v) is 7.24. The average Bonchev–Trinajstić information content (AvgIpc) is 2.44. The SMILES string of the molecule is CCCOc1ccc(CNC(CCC)COC)cc1. The fraction of sp³-hybridized carbons (Fsp3) is 0.625. The molecule has 0 aromatic heterocycles. The van der Waals surface area contributed by atoms with E-state index in [0.717, 1.165) is 38.3 Å². The van der Waals surface area contributed by atoms with Crippen LogP contribution >= 0.6 is 0 Å². The molecule has 3 heteroatoms. The average molecular weight is 265 g/mol. The molecular formula is C16H27NO2. The van der Waals surface area contributed by atoms with Gasteiger partial charge in [-0.25, -0.2) is 0 Å². The summed E-state index contributed by atoms with van der Waals surface area (Å²) in [6.45, 7) is 6.74. The number of benzene rings is 1. The van der Waals surface area contributed by atoms with Crippen molar-refractivity contribution in [1.29, 1.82) is 0 Å². The third kappa shape index (κ3) is 6.60. The minimum Gasteiger partial charge on any atom is -0.494 e. The third-order valence-corrected chi connectivity index (χ3v) is 3.00. The van der Waals surface area contributed by atoms with Crippen LogP contribution in [0.2, 0.25) is 0 Å².